The predicted molar refractivity (Wildman–Crippen MR) is 81.8 cm³/mol. The number of carboxylic acids is 1. The summed E-state index contributed by atoms with van der Waals surface area (Å²) in [5.41, 5.74) is 4.36. The largest absolute Gasteiger partial charge is 0.481 e. The number of hydrogen-bond acceptors (Lipinski definition) is 1. The Kier molecular flexibility index (Phi) is 4.23. The first-order valence-corrected chi connectivity index (χ1v) is 6.89. The second-order valence-corrected chi connectivity index (χ2v) is 5.55. The molecule has 0 saturated carbocycles. The highest BCUT2D eigenvalue weighted by atomic mass is 16.4. The lowest BCUT2D eigenvalue weighted by molar-refractivity contribution is -0.139. The summed E-state index contributed by atoms with van der Waals surface area (Å²) in [6.45, 7) is 5.94. The van der Waals surface area contributed by atoms with Crippen LogP contribution in [-0.4, -0.2) is 11.1 Å². The maximum atomic E-state index is 11.3. The first kappa shape index (κ1) is 14.3. The minimum Gasteiger partial charge on any atom is -0.481 e. The molecule has 0 amide bonds. The second-order valence-electron chi connectivity index (χ2n) is 5.55. The SMILES string of the molecule is Cc1ccc(-c2ccc(C(C(=O)O)C(C)C)cc2)cc1. The summed E-state index contributed by atoms with van der Waals surface area (Å²) in [5, 5.41) is 9.31. The summed E-state index contributed by atoms with van der Waals surface area (Å²) in [6.07, 6.45) is 0. The Labute approximate surface area is 120 Å². The van der Waals surface area contributed by atoms with Crippen molar-refractivity contribution in [2.75, 3.05) is 0 Å². The van der Waals surface area contributed by atoms with E-state index in [0.717, 1.165) is 16.7 Å². The molecule has 2 heteroatoms. The van der Waals surface area contributed by atoms with Gasteiger partial charge in [0.05, 0.1) is 5.92 Å². The molecule has 0 aliphatic heterocycles. The van der Waals surface area contributed by atoms with Gasteiger partial charge in [-0.1, -0.05) is 67.9 Å². The van der Waals surface area contributed by atoms with Crippen LogP contribution in [0.25, 0.3) is 11.1 Å². The Balaban J connectivity index is 2.30. The zero-order valence-corrected chi connectivity index (χ0v) is 12.1. The molecule has 0 aliphatic carbocycles. The van der Waals surface area contributed by atoms with E-state index in [1.54, 1.807) is 0 Å². The fourth-order valence-electron chi connectivity index (χ4n) is 2.44. The van der Waals surface area contributed by atoms with E-state index in [2.05, 4.69) is 31.2 Å². The van der Waals surface area contributed by atoms with Gasteiger partial charge in [0.25, 0.3) is 0 Å². The Morgan fingerprint density at radius 2 is 1.35 bits per heavy atom. The second kappa shape index (κ2) is 5.91. The van der Waals surface area contributed by atoms with Crippen LogP contribution in [0.15, 0.2) is 48.5 Å². The highest BCUT2D eigenvalue weighted by Gasteiger charge is 2.23. The van der Waals surface area contributed by atoms with Gasteiger partial charge in [-0.05, 0) is 29.5 Å². The lowest BCUT2D eigenvalue weighted by atomic mass is 9.87. The highest BCUT2D eigenvalue weighted by molar-refractivity contribution is 5.77. The molecule has 0 bridgehead atoms. The summed E-state index contributed by atoms with van der Waals surface area (Å²) >= 11 is 0. The smallest absolute Gasteiger partial charge is 0.311 e. The topological polar surface area (TPSA) is 37.3 Å². The van der Waals surface area contributed by atoms with Crippen LogP contribution in [0.3, 0.4) is 0 Å². The molecule has 104 valence electrons. The molecule has 2 aromatic carbocycles. The molecule has 2 nitrogen and oxygen atoms in total. The fraction of sp³-hybridized carbons (Fsp3) is 0.278. The van der Waals surface area contributed by atoms with Crippen molar-refractivity contribution in [3.8, 4) is 11.1 Å². The molecular formula is C18H20O2. The molecule has 0 aromatic heterocycles. The van der Waals surface area contributed by atoms with Crippen LogP contribution in [0.2, 0.25) is 0 Å². The minimum absolute atomic E-state index is 0.0812. The van der Waals surface area contributed by atoms with Crippen LogP contribution in [0.1, 0.15) is 30.9 Å². The van der Waals surface area contributed by atoms with Crippen molar-refractivity contribution in [2.45, 2.75) is 26.7 Å². The van der Waals surface area contributed by atoms with Crippen molar-refractivity contribution < 1.29 is 9.90 Å². The molecule has 0 spiro atoms. The quantitative estimate of drug-likeness (QED) is 0.887. The summed E-state index contributed by atoms with van der Waals surface area (Å²) < 4.78 is 0. The van der Waals surface area contributed by atoms with Gasteiger partial charge in [-0.25, -0.2) is 0 Å². The highest BCUT2D eigenvalue weighted by Crippen LogP contribution is 2.27. The average molecular weight is 268 g/mol. The third-order valence-corrected chi connectivity index (χ3v) is 3.59. The van der Waals surface area contributed by atoms with Gasteiger partial charge >= 0.3 is 5.97 Å². The molecule has 0 fully saturated rings. The van der Waals surface area contributed by atoms with E-state index in [1.807, 2.05) is 38.1 Å². The van der Waals surface area contributed by atoms with Gasteiger partial charge in [0, 0.05) is 0 Å². The maximum absolute atomic E-state index is 11.3. The molecule has 0 aliphatic rings. The number of hydrogen-bond donors (Lipinski definition) is 1. The molecule has 1 N–H and O–H groups in total. The van der Waals surface area contributed by atoms with Gasteiger partial charge < -0.3 is 5.11 Å². The first-order chi connectivity index (χ1) is 9.49. The van der Waals surface area contributed by atoms with Gasteiger partial charge in [0.15, 0.2) is 0 Å². The molecular weight excluding hydrogens is 248 g/mol. The lowest BCUT2D eigenvalue weighted by Gasteiger charge is -2.17. The third kappa shape index (κ3) is 3.08. The molecule has 0 radical (unpaired) electrons. The average Bonchev–Trinajstić information content (AvgIpc) is 2.40. The molecule has 1 unspecified atom stereocenters. The third-order valence-electron chi connectivity index (χ3n) is 3.59. The zero-order chi connectivity index (χ0) is 14.7. The van der Waals surface area contributed by atoms with E-state index in [-0.39, 0.29) is 5.92 Å². The Bertz CT molecular complexity index is 580. The number of carbonyl (C=O) groups is 1. The van der Waals surface area contributed by atoms with Crippen molar-refractivity contribution in [3.05, 3.63) is 59.7 Å². The first-order valence-electron chi connectivity index (χ1n) is 6.89. The Morgan fingerprint density at radius 3 is 1.75 bits per heavy atom. The van der Waals surface area contributed by atoms with Gasteiger partial charge in [-0.15, -0.1) is 0 Å². The number of benzene rings is 2. The van der Waals surface area contributed by atoms with Gasteiger partial charge in [-0.2, -0.15) is 0 Å². The summed E-state index contributed by atoms with van der Waals surface area (Å²) in [5.74, 6) is -1.12. The number of carboxylic acid groups (broad SMARTS) is 1. The lowest BCUT2D eigenvalue weighted by Crippen LogP contribution is -2.17. The number of rotatable bonds is 4. The standard InChI is InChI=1S/C18H20O2/c1-12(2)17(18(19)20)16-10-8-15(9-11-16)14-6-4-13(3)5-7-14/h4-12,17H,1-3H3,(H,19,20). The van der Waals surface area contributed by atoms with Crippen molar-refractivity contribution in [1.82, 2.24) is 0 Å². The monoisotopic (exact) mass is 268 g/mol. The van der Waals surface area contributed by atoms with E-state index < -0.39 is 11.9 Å². The van der Waals surface area contributed by atoms with Crippen LogP contribution >= 0.6 is 0 Å². The van der Waals surface area contributed by atoms with Crippen LogP contribution in [-0.2, 0) is 4.79 Å². The van der Waals surface area contributed by atoms with Crippen LogP contribution in [0, 0.1) is 12.8 Å². The van der Waals surface area contributed by atoms with E-state index in [0.29, 0.717) is 0 Å². The molecule has 2 rings (SSSR count). The van der Waals surface area contributed by atoms with Gasteiger partial charge in [-0.3, -0.25) is 4.79 Å². The van der Waals surface area contributed by atoms with Crippen molar-refractivity contribution in [3.63, 3.8) is 0 Å². The van der Waals surface area contributed by atoms with Crippen LogP contribution < -0.4 is 0 Å². The molecule has 0 heterocycles. The predicted octanol–water partition coefficient (Wildman–Crippen LogP) is 4.49. The minimum atomic E-state index is -0.761. The Hall–Kier alpha value is -2.09. The normalized spacial score (nSPS) is 12.4. The van der Waals surface area contributed by atoms with Crippen LogP contribution in [0.5, 0.6) is 0 Å². The van der Waals surface area contributed by atoms with Crippen LogP contribution in [0.4, 0.5) is 0 Å². The zero-order valence-electron chi connectivity index (χ0n) is 12.1. The molecule has 20 heavy (non-hydrogen) atoms. The van der Waals surface area contributed by atoms with Gasteiger partial charge in [0.1, 0.15) is 0 Å². The van der Waals surface area contributed by atoms with E-state index >= 15 is 0 Å². The van der Waals surface area contributed by atoms with Crippen molar-refractivity contribution in [2.24, 2.45) is 5.92 Å². The van der Waals surface area contributed by atoms with Crippen molar-refractivity contribution >= 4 is 5.97 Å². The number of aliphatic carboxylic acids is 1. The van der Waals surface area contributed by atoms with E-state index in [9.17, 15) is 9.90 Å². The summed E-state index contributed by atoms with van der Waals surface area (Å²) in [6, 6.07) is 16.2. The van der Waals surface area contributed by atoms with E-state index in [1.165, 1.54) is 5.56 Å². The molecule has 0 saturated heterocycles. The van der Waals surface area contributed by atoms with Crippen molar-refractivity contribution in [1.29, 1.82) is 0 Å². The van der Waals surface area contributed by atoms with E-state index in [4.69, 9.17) is 0 Å². The summed E-state index contributed by atoms with van der Waals surface area (Å²) in [7, 11) is 0. The molecule has 2 aromatic rings. The number of aryl methyl sites for hydroxylation is 1. The molecule has 1 atom stereocenters. The Morgan fingerprint density at radius 1 is 0.900 bits per heavy atom. The summed E-state index contributed by atoms with van der Waals surface area (Å²) in [4.78, 5) is 11.3. The van der Waals surface area contributed by atoms with Gasteiger partial charge in [0.2, 0.25) is 0 Å². The maximum Gasteiger partial charge on any atom is 0.311 e. The fourth-order valence-corrected chi connectivity index (χ4v) is 2.44.